The van der Waals surface area contributed by atoms with E-state index in [2.05, 4.69) is 0 Å². The zero-order valence-electron chi connectivity index (χ0n) is 16.5. The minimum absolute atomic E-state index is 0.0421. The van der Waals surface area contributed by atoms with Crippen molar-refractivity contribution in [2.24, 2.45) is 0 Å². The molecule has 1 aliphatic rings. The quantitative estimate of drug-likeness (QED) is 0.244. The molecule has 4 rings (SSSR count). The maximum Gasteiger partial charge on any atom is 0.416 e. The molecule has 1 saturated heterocycles. The van der Waals surface area contributed by atoms with Crippen molar-refractivity contribution >= 4 is 51.8 Å². The van der Waals surface area contributed by atoms with E-state index >= 15 is 0 Å². The third-order valence-corrected chi connectivity index (χ3v) is 6.00. The van der Waals surface area contributed by atoms with E-state index in [1.54, 1.807) is 36.4 Å². The number of carbonyl (C=O) groups is 2. The van der Waals surface area contributed by atoms with Gasteiger partial charge in [-0.15, -0.1) is 0 Å². The van der Waals surface area contributed by atoms with Gasteiger partial charge in [-0.2, -0.15) is 13.2 Å². The van der Waals surface area contributed by atoms with E-state index < -0.39 is 17.6 Å². The SMILES string of the molecule is CC(=O)c1ccc(-c2ccc(/C=C3\SC(=S)N(c4cccc(C(F)(F)F)c4)C3=O)o2)cc1. The molecule has 4 nitrogen and oxygen atoms in total. The molecule has 0 unspecified atom stereocenters. The number of Topliss-reactive ketones (excluding diaryl/α,β-unsaturated/α-hetero) is 1. The third kappa shape index (κ3) is 4.39. The highest BCUT2D eigenvalue weighted by atomic mass is 32.2. The van der Waals surface area contributed by atoms with Gasteiger partial charge in [0.2, 0.25) is 0 Å². The Hall–Kier alpha value is -3.17. The Balaban J connectivity index is 1.58. The molecule has 162 valence electrons. The van der Waals surface area contributed by atoms with Crippen molar-refractivity contribution in [2.75, 3.05) is 4.90 Å². The number of ketones is 1. The van der Waals surface area contributed by atoms with Gasteiger partial charge in [0.15, 0.2) is 10.1 Å². The zero-order valence-corrected chi connectivity index (χ0v) is 18.1. The highest BCUT2D eigenvalue weighted by Crippen LogP contribution is 2.38. The number of hydrogen-bond acceptors (Lipinski definition) is 5. The Kier molecular flexibility index (Phi) is 5.79. The highest BCUT2D eigenvalue weighted by Gasteiger charge is 2.36. The van der Waals surface area contributed by atoms with Crippen molar-refractivity contribution in [3.8, 4) is 11.3 Å². The van der Waals surface area contributed by atoms with E-state index in [4.69, 9.17) is 16.6 Å². The first-order valence-electron chi connectivity index (χ1n) is 9.30. The molecule has 0 aliphatic carbocycles. The van der Waals surface area contributed by atoms with E-state index in [1.807, 2.05) is 0 Å². The summed E-state index contributed by atoms with van der Waals surface area (Å²) in [6, 6.07) is 14.8. The lowest BCUT2D eigenvalue weighted by Crippen LogP contribution is -2.27. The summed E-state index contributed by atoms with van der Waals surface area (Å²) in [5.41, 5.74) is 0.529. The molecule has 2 heterocycles. The first-order valence-corrected chi connectivity index (χ1v) is 10.5. The number of benzene rings is 2. The van der Waals surface area contributed by atoms with Gasteiger partial charge >= 0.3 is 6.18 Å². The Morgan fingerprint density at radius 1 is 1.09 bits per heavy atom. The molecule has 0 spiro atoms. The van der Waals surface area contributed by atoms with E-state index in [0.29, 0.717) is 17.1 Å². The summed E-state index contributed by atoms with van der Waals surface area (Å²) in [6.45, 7) is 1.48. The minimum Gasteiger partial charge on any atom is -0.457 e. The van der Waals surface area contributed by atoms with Crippen molar-refractivity contribution in [2.45, 2.75) is 13.1 Å². The van der Waals surface area contributed by atoms with Crippen LogP contribution in [0.4, 0.5) is 18.9 Å². The number of thioether (sulfide) groups is 1. The fraction of sp³-hybridized carbons (Fsp3) is 0.0870. The standard InChI is InChI=1S/C23H14F3NO3S2/c1-13(28)14-5-7-15(8-6-14)19-10-9-18(30-19)12-20-21(29)27(22(31)32-20)17-4-2-3-16(11-17)23(24,25)26/h2-12H,1H3/b20-12-. The van der Waals surface area contributed by atoms with E-state index in [9.17, 15) is 22.8 Å². The molecule has 1 amide bonds. The van der Waals surface area contributed by atoms with Gasteiger partial charge in [0.25, 0.3) is 5.91 Å². The predicted molar refractivity (Wildman–Crippen MR) is 121 cm³/mol. The summed E-state index contributed by atoms with van der Waals surface area (Å²) in [6.07, 6.45) is -3.03. The van der Waals surface area contributed by atoms with E-state index in [0.717, 1.165) is 34.4 Å². The maximum absolute atomic E-state index is 13.0. The number of furan rings is 1. The number of hydrogen-bond donors (Lipinski definition) is 0. The summed E-state index contributed by atoms with van der Waals surface area (Å²) in [5.74, 6) is 0.363. The molecule has 32 heavy (non-hydrogen) atoms. The van der Waals surface area contributed by atoms with Crippen LogP contribution >= 0.6 is 24.0 Å². The number of carbonyl (C=O) groups excluding carboxylic acids is 2. The van der Waals surface area contributed by atoms with E-state index in [-0.39, 0.29) is 20.7 Å². The fourth-order valence-electron chi connectivity index (χ4n) is 3.10. The zero-order chi connectivity index (χ0) is 23.0. The number of amides is 1. The monoisotopic (exact) mass is 473 g/mol. The molecule has 0 N–H and O–H groups in total. The average molecular weight is 473 g/mol. The molecule has 3 aromatic rings. The molecular weight excluding hydrogens is 459 g/mol. The Labute approximate surface area is 190 Å². The minimum atomic E-state index is -4.53. The second-order valence-electron chi connectivity index (χ2n) is 6.90. The van der Waals surface area contributed by atoms with Crippen LogP contribution in [-0.4, -0.2) is 16.0 Å². The van der Waals surface area contributed by atoms with Crippen LogP contribution in [0, 0.1) is 0 Å². The summed E-state index contributed by atoms with van der Waals surface area (Å²) in [4.78, 5) is 25.6. The molecule has 0 saturated carbocycles. The predicted octanol–water partition coefficient (Wildman–Crippen LogP) is 6.57. The molecule has 1 aliphatic heterocycles. The van der Waals surface area contributed by atoms with Crippen LogP contribution in [0.1, 0.15) is 28.6 Å². The lowest BCUT2D eigenvalue weighted by molar-refractivity contribution is -0.137. The second kappa shape index (κ2) is 8.40. The number of thiocarbonyl (C=S) groups is 1. The van der Waals surface area contributed by atoms with Gasteiger partial charge in [0.05, 0.1) is 16.2 Å². The Morgan fingerprint density at radius 2 is 1.81 bits per heavy atom. The average Bonchev–Trinajstić information content (AvgIpc) is 3.32. The summed E-state index contributed by atoms with van der Waals surface area (Å²) < 4.78 is 45.0. The molecular formula is C23H14F3NO3S2. The topological polar surface area (TPSA) is 50.5 Å². The van der Waals surface area contributed by atoms with Crippen LogP contribution in [-0.2, 0) is 11.0 Å². The number of alkyl halides is 3. The van der Waals surface area contributed by atoms with Gasteiger partial charge in [-0.3, -0.25) is 14.5 Å². The first-order chi connectivity index (χ1) is 15.1. The maximum atomic E-state index is 13.0. The van der Waals surface area contributed by atoms with Gasteiger partial charge in [-0.25, -0.2) is 0 Å². The van der Waals surface area contributed by atoms with Crippen LogP contribution in [0.5, 0.6) is 0 Å². The van der Waals surface area contributed by atoms with Crippen molar-refractivity contribution in [1.82, 2.24) is 0 Å². The van der Waals surface area contributed by atoms with Crippen molar-refractivity contribution in [3.63, 3.8) is 0 Å². The summed E-state index contributed by atoms with van der Waals surface area (Å²) >= 11 is 6.22. The normalized spacial score (nSPS) is 15.6. The number of rotatable bonds is 4. The van der Waals surface area contributed by atoms with Gasteiger partial charge < -0.3 is 4.42 Å². The van der Waals surface area contributed by atoms with Crippen LogP contribution in [0.3, 0.4) is 0 Å². The smallest absolute Gasteiger partial charge is 0.416 e. The van der Waals surface area contributed by atoms with Gasteiger partial charge in [0.1, 0.15) is 11.5 Å². The lowest BCUT2D eigenvalue weighted by Gasteiger charge is -2.16. The van der Waals surface area contributed by atoms with Crippen molar-refractivity contribution in [3.05, 3.63) is 82.5 Å². The molecule has 9 heteroatoms. The number of anilines is 1. The van der Waals surface area contributed by atoms with Gasteiger partial charge in [-0.1, -0.05) is 54.3 Å². The molecule has 1 fully saturated rings. The fourth-order valence-corrected chi connectivity index (χ4v) is 4.37. The largest absolute Gasteiger partial charge is 0.457 e. The number of nitrogens with zero attached hydrogens (tertiary/aromatic N) is 1. The molecule has 0 bridgehead atoms. The van der Waals surface area contributed by atoms with Gasteiger partial charge in [0, 0.05) is 17.2 Å². The number of halogens is 3. The molecule has 0 atom stereocenters. The van der Waals surface area contributed by atoms with Crippen molar-refractivity contribution < 1.29 is 27.2 Å². The van der Waals surface area contributed by atoms with Crippen LogP contribution in [0.25, 0.3) is 17.4 Å². The van der Waals surface area contributed by atoms with Gasteiger partial charge in [-0.05, 0) is 37.3 Å². The highest BCUT2D eigenvalue weighted by molar-refractivity contribution is 8.27. The van der Waals surface area contributed by atoms with Crippen LogP contribution < -0.4 is 4.90 Å². The Morgan fingerprint density at radius 3 is 2.47 bits per heavy atom. The Bertz CT molecular complexity index is 1260. The summed E-state index contributed by atoms with van der Waals surface area (Å²) in [7, 11) is 0. The lowest BCUT2D eigenvalue weighted by atomic mass is 10.1. The summed E-state index contributed by atoms with van der Waals surface area (Å²) in [5, 5.41) is 0. The third-order valence-electron chi connectivity index (χ3n) is 4.70. The van der Waals surface area contributed by atoms with Crippen LogP contribution in [0.2, 0.25) is 0 Å². The molecule has 0 radical (unpaired) electrons. The second-order valence-corrected chi connectivity index (χ2v) is 8.58. The van der Waals surface area contributed by atoms with Crippen LogP contribution in [0.15, 0.2) is 70.0 Å². The van der Waals surface area contributed by atoms with E-state index in [1.165, 1.54) is 25.1 Å². The molecule has 2 aromatic carbocycles. The molecule has 1 aromatic heterocycles. The van der Waals surface area contributed by atoms with Crippen molar-refractivity contribution in [1.29, 1.82) is 0 Å². The first kappa shape index (κ1) is 22.0.